The molecule has 5 nitrogen and oxygen atoms in total. The van der Waals surface area contributed by atoms with Crippen LogP contribution in [0.1, 0.15) is 32.5 Å². The Hall–Kier alpha value is -1.89. The zero-order chi connectivity index (χ0) is 15.9. The molecule has 0 bridgehead atoms. The normalized spacial score (nSPS) is 11.2. The quantitative estimate of drug-likeness (QED) is 0.744. The summed E-state index contributed by atoms with van der Waals surface area (Å²) in [5, 5.41) is 7.51. The second-order valence-corrected chi connectivity index (χ2v) is 5.91. The average molecular weight is 354 g/mol. The molecule has 0 saturated carbocycles. The van der Waals surface area contributed by atoms with Crippen molar-refractivity contribution in [1.29, 1.82) is 0 Å². The Morgan fingerprint density at radius 1 is 1.17 bits per heavy atom. The molecule has 0 aliphatic rings. The molecule has 1 heterocycles. The monoisotopic (exact) mass is 353 g/mol. The van der Waals surface area contributed by atoms with Gasteiger partial charge in [-0.3, -0.25) is 9.59 Å². The Kier molecular flexibility index (Phi) is 7.74. The van der Waals surface area contributed by atoms with Crippen LogP contribution < -0.4 is 16.4 Å². The van der Waals surface area contributed by atoms with Crippen molar-refractivity contribution in [1.82, 2.24) is 10.6 Å². The van der Waals surface area contributed by atoms with Crippen LogP contribution >= 0.6 is 23.7 Å². The number of benzene rings is 1. The molecule has 0 spiro atoms. The summed E-state index contributed by atoms with van der Waals surface area (Å²) in [4.78, 5) is 24.4. The van der Waals surface area contributed by atoms with E-state index >= 15 is 0 Å². The summed E-state index contributed by atoms with van der Waals surface area (Å²) in [5.74, 6) is -0.235. The van der Waals surface area contributed by atoms with E-state index in [2.05, 4.69) is 10.6 Å². The highest BCUT2D eigenvalue weighted by Gasteiger charge is 2.09. The maximum atomic E-state index is 11.9. The zero-order valence-corrected chi connectivity index (χ0v) is 14.4. The van der Waals surface area contributed by atoms with Gasteiger partial charge < -0.3 is 16.4 Å². The SMILES string of the molecule is C[C@@H](CN)NC(=O)c1ccc(CNC(=O)c2cccs2)cc1.Cl. The Labute approximate surface area is 145 Å². The van der Waals surface area contributed by atoms with Crippen LogP contribution in [-0.2, 0) is 6.54 Å². The van der Waals surface area contributed by atoms with Gasteiger partial charge in [0.05, 0.1) is 4.88 Å². The van der Waals surface area contributed by atoms with Gasteiger partial charge in [0.25, 0.3) is 11.8 Å². The molecule has 0 fully saturated rings. The minimum atomic E-state index is -0.146. The number of hydrogen-bond donors (Lipinski definition) is 3. The van der Waals surface area contributed by atoms with Gasteiger partial charge in [-0.2, -0.15) is 0 Å². The lowest BCUT2D eigenvalue weighted by Gasteiger charge is -2.11. The van der Waals surface area contributed by atoms with E-state index in [0.29, 0.717) is 23.5 Å². The van der Waals surface area contributed by atoms with Crippen molar-refractivity contribution in [3.05, 3.63) is 57.8 Å². The highest BCUT2D eigenvalue weighted by Crippen LogP contribution is 2.09. The van der Waals surface area contributed by atoms with Gasteiger partial charge in [-0.05, 0) is 36.1 Å². The van der Waals surface area contributed by atoms with Crippen LogP contribution in [0, 0.1) is 0 Å². The van der Waals surface area contributed by atoms with Gasteiger partial charge in [-0.25, -0.2) is 0 Å². The first-order valence-corrected chi connectivity index (χ1v) is 7.89. The standard InChI is InChI=1S/C16H19N3O2S.ClH/c1-11(9-17)19-15(20)13-6-4-12(5-7-13)10-18-16(21)14-3-2-8-22-14;/h2-8,11H,9-10,17H2,1H3,(H,18,21)(H,19,20);1H/t11-;/m0./s1. The molecule has 1 aromatic heterocycles. The van der Waals surface area contributed by atoms with Crippen LogP contribution in [0.25, 0.3) is 0 Å². The summed E-state index contributed by atoms with van der Waals surface area (Å²) in [7, 11) is 0. The second kappa shape index (κ2) is 9.29. The molecule has 0 radical (unpaired) electrons. The summed E-state index contributed by atoms with van der Waals surface area (Å²) in [6.45, 7) is 2.68. The number of thiophene rings is 1. The van der Waals surface area contributed by atoms with Gasteiger partial charge in [0.1, 0.15) is 0 Å². The molecule has 2 aromatic rings. The number of carbonyl (C=O) groups excluding carboxylic acids is 2. The van der Waals surface area contributed by atoms with Gasteiger partial charge in [-0.15, -0.1) is 23.7 Å². The number of carbonyl (C=O) groups is 2. The minimum Gasteiger partial charge on any atom is -0.348 e. The van der Waals surface area contributed by atoms with Gasteiger partial charge >= 0.3 is 0 Å². The topological polar surface area (TPSA) is 84.2 Å². The van der Waals surface area contributed by atoms with Crippen molar-refractivity contribution < 1.29 is 9.59 Å². The first-order chi connectivity index (χ1) is 10.6. The average Bonchev–Trinajstić information content (AvgIpc) is 3.07. The third-order valence-corrected chi connectivity index (χ3v) is 4.01. The zero-order valence-electron chi connectivity index (χ0n) is 12.7. The molecule has 1 aromatic carbocycles. The van der Waals surface area contributed by atoms with E-state index in [1.807, 2.05) is 30.5 Å². The molecular weight excluding hydrogens is 334 g/mol. The van der Waals surface area contributed by atoms with E-state index in [1.165, 1.54) is 11.3 Å². The maximum Gasteiger partial charge on any atom is 0.261 e. The number of halogens is 1. The van der Waals surface area contributed by atoms with Gasteiger partial charge in [0.2, 0.25) is 0 Å². The third kappa shape index (κ3) is 5.67. The minimum absolute atomic E-state index is 0. The van der Waals surface area contributed by atoms with Crippen LogP contribution in [0.2, 0.25) is 0 Å². The van der Waals surface area contributed by atoms with Crippen LogP contribution in [0.4, 0.5) is 0 Å². The van der Waals surface area contributed by atoms with Crippen LogP contribution in [0.15, 0.2) is 41.8 Å². The van der Waals surface area contributed by atoms with E-state index < -0.39 is 0 Å². The molecule has 1 atom stereocenters. The third-order valence-electron chi connectivity index (χ3n) is 3.15. The van der Waals surface area contributed by atoms with Gasteiger partial charge in [0.15, 0.2) is 0 Å². The first-order valence-electron chi connectivity index (χ1n) is 7.01. The summed E-state index contributed by atoms with van der Waals surface area (Å²) in [6.07, 6.45) is 0. The van der Waals surface area contributed by atoms with Crippen LogP contribution in [0.3, 0.4) is 0 Å². The van der Waals surface area contributed by atoms with Crippen LogP contribution in [0.5, 0.6) is 0 Å². The second-order valence-electron chi connectivity index (χ2n) is 4.97. The number of rotatable bonds is 6. The molecule has 4 N–H and O–H groups in total. The van der Waals surface area contributed by atoms with Crippen molar-refractivity contribution in [3.8, 4) is 0 Å². The number of nitrogens with one attached hydrogen (secondary N) is 2. The van der Waals surface area contributed by atoms with E-state index in [1.54, 1.807) is 18.2 Å². The fraction of sp³-hybridized carbons (Fsp3) is 0.250. The summed E-state index contributed by atoms with van der Waals surface area (Å²) in [5.41, 5.74) is 6.99. The fourth-order valence-electron chi connectivity index (χ4n) is 1.82. The summed E-state index contributed by atoms with van der Waals surface area (Å²) in [6, 6.07) is 10.7. The van der Waals surface area contributed by atoms with Crippen molar-refractivity contribution >= 4 is 35.6 Å². The molecule has 23 heavy (non-hydrogen) atoms. The Morgan fingerprint density at radius 2 is 1.87 bits per heavy atom. The molecule has 0 unspecified atom stereocenters. The highest BCUT2D eigenvalue weighted by atomic mass is 35.5. The smallest absolute Gasteiger partial charge is 0.261 e. The Bertz CT molecular complexity index is 629. The molecule has 124 valence electrons. The first kappa shape index (κ1) is 19.2. The van der Waals surface area contributed by atoms with Gasteiger partial charge in [-0.1, -0.05) is 18.2 Å². The summed E-state index contributed by atoms with van der Waals surface area (Å²) < 4.78 is 0. The van der Waals surface area contributed by atoms with Crippen molar-refractivity contribution in [2.45, 2.75) is 19.5 Å². The van der Waals surface area contributed by atoms with E-state index in [0.717, 1.165) is 5.56 Å². The predicted molar refractivity (Wildman–Crippen MR) is 95.2 cm³/mol. The number of hydrogen-bond acceptors (Lipinski definition) is 4. The van der Waals surface area contributed by atoms with Crippen molar-refractivity contribution in [3.63, 3.8) is 0 Å². The highest BCUT2D eigenvalue weighted by molar-refractivity contribution is 7.12. The van der Waals surface area contributed by atoms with Crippen LogP contribution in [-0.4, -0.2) is 24.4 Å². The lowest BCUT2D eigenvalue weighted by atomic mass is 10.1. The molecule has 0 saturated heterocycles. The maximum absolute atomic E-state index is 11.9. The van der Waals surface area contributed by atoms with E-state index in [4.69, 9.17) is 5.73 Å². The van der Waals surface area contributed by atoms with Crippen molar-refractivity contribution in [2.24, 2.45) is 5.73 Å². The predicted octanol–water partition coefficient (Wildman–Crippen LogP) is 2.18. The van der Waals surface area contributed by atoms with Gasteiger partial charge in [0, 0.05) is 24.7 Å². The largest absolute Gasteiger partial charge is 0.348 e. The molecule has 0 aliphatic heterocycles. The fourth-order valence-corrected chi connectivity index (χ4v) is 2.46. The molecule has 0 aliphatic carbocycles. The number of nitrogens with two attached hydrogens (primary N) is 1. The Balaban J connectivity index is 0.00000264. The van der Waals surface area contributed by atoms with E-state index in [9.17, 15) is 9.59 Å². The molecule has 2 rings (SSSR count). The lowest BCUT2D eigenvalue weighted by Crippen LogP contribution is -2.37. The summed E-state index contributed by atoms with van der Waals surface area (Å²) >= 11 is 1.41. The molecular formula is C16H20ClN3O2S. The molecule has 7 heteroatoms. The Morgan fingerprint density at radius 3 is 2.43 bits per heavy atom. The van der Waals surface area contributed by atoms with E-state index in [-0.39, 0.29) is 30.3 Å². The number of amides is 2. The lowest BCUT2D eigenvalue weighted by molar-refractivity contribution is 0.0936. The molecule has 2 amide bonds. The van der Waals surface area contributed by atoms with Crippen molar-refractivity contribution in [2.75, 3.05) is 6.54 Å².